The standard InChI is InChI=1S/C24H52NO5P.C2H4OS/c1-5-6-7-8-9-10-11-12-13-14-15-16-17-18-21-28-22-19-23-29-31(26,27)30-24-20-25(2,3)4;1-2(3)4/h5-24H2,1-4H3;1H3,(H,3,4)/p+1. The molecule has 0 aliphatic heterocycles. The summed E-state index contributed by atoms with van der Waals surface area (Å²) in [6.07, 6.45) is 19.6. The molecular formula is C26H57NO6PS+. The highest BCUT2D eigenvalue weighted by molar-refractivity contribution is 7.96. The van der Waals surface area contributed by atoms with Crippen molar-refractivity contribution < 1.29 is 32.5 Å². The van der Waals surface area contributed by atoms with Crippen molar-refractivity contribution in [3.63, 3.8) is 0 Å². The van der Waals surface area contributed by atoms with Crippen LogP contribution in [0.25, 0.3) is 0 Å². The number of phosphoric ester groups is 1. The number of hydrogen-bond donors (Lipinski definition) is 2. The number of thiol groups is 1. The van der Waals surface area contributed by atoms with Crippen LogP contribution in [0.1, 0.15) is 110 Å². The number of carbonyl (C=O) groups excluding carboxylic acids is 1. The van der Waals surface area contributed by atoms with E-state index in [1.54, 1.807) is 0 Å². The Labute approximate surface area is 222 Å². The van der Waals surface area contributed by atoms with Crippen molar-refractivity contribution in [2.45, 2.75) is 110 Å². The van der Waals surface area contributed by atoms with Gasteiger partial charge in [0.25, 0.3) is 0 Å². The number of nitrogens with zero attached hydrogens (tertiary/aromatic N) is 1. The molecule has 0 aromatic heterocycles. The lowest BCUT2D eigenvalue weighted by Gasteiger charge is -2.24. The molecule has 9 heteroatoms. The number of quaternary nitrogens is 1. The molecule has 0 aliphatic rings. The van der Waals surface area contributed by atoms with Crippen molar-refractivity contribution in [2.24, 2.45) is 0 Å². The number of carbonyl (C=O) groups is 1. The average Bonchev–Trinajstić information content (AvgIpc) is 2.74. The summed E-state index contributed by atoms with van der Waals surface area (Å²) >= 11 is 3.33. The molecule has 0 aromatic carbocycles. The van der Waals surface area contributed by atoms with Gasteiger partial charge in [0.2, 0.25) is 0 Å². The Balaban J connectivity index is 0. The van der Waals surface area contributed by atoms with Crippen molar-refractivity contribution in [3.8, 4) is 0 Å². The first-order valence-corrected chi connectivity index (χ1v) is 15.6. The van der Waals surface area contributed by atoms with E-state index >= 15 is 0 Å². The van der Waals surface area contributed by atoms with Crippen LogP contribution in [-0.2, 0) is 23.1 Å². The molecule has 7 nitrogen and oxygen atoms in total. The number of rotatable bonds is 24. The fraction of sp³-hybridized carbons (Fsp3) is 0.962. The lowest BCUT2D eigenvalue weighted by molar-refractivity contribution is -0.870. The maximum atomic E-state index is 11.7. The molecule has 0 rings (SSSR count). The van der Waals surface area contributed by atoms with Gasteiger partial charge in [-0.05, 0) is 12.8 Å². The monoisotopic (exact) mass is 542 g/mol. The second-order valence-electron chi connectivity index (χ2n) is 10.2. The quantitative estimate of drug-likeness (QED) is 0.0582. The maximum Gasteiger partial charge on any atom is 0.472 e. The van der Waals surface area contributed by atoms with E-state index in [1.165, 1.54) is 90.4 Å². The smallest absolute Gasteiger partial charge is 0.381 e. The van der Waals surface area contributed by atoms with E-state index in [2.05, 4.69) is 19.6 Å². The Kier molecular flexibility index (Phi) is 27.3. The molecule has 212 valence electrons. The second-order valence-corrected chi connectivity index (χ2v) is 12.3. The summed E-state index contributed by atoms with van der Waals surface area (Å²) in [5.41, 5.74) is 0. The Morgan fingerprint density at radius 3 is 1.51 bits per heavy atom. The van der Waals surface area contributed by atoms with Gasteiger partial charge in [0.15, 0.2) is 5.12 Å². The van der Waals surface area contributed by atoms with E-state index in [0.29, 0.717) is 24.1 Å². The number of ether oxygens (including phenoxy) is 1. The van der Waals surface area contributed by atoms with Gasteiger partial charge >= 0.3 is 7.82 Å². The third-order valence-corrected chi connectivity index (χ3v) is 6.36. The molecule has 0 spiro atoms. The van der Waals surface area contributed by atoms with Crippen molar-refractivity contribution in [3.05, 3.63) is 0 Å². The first-order chi connectivity index (χ1) is 16.5. The zero-order valence-corrected chi connectivity index (χ0v) is 25.3. The molecule has 35 heavy (non-hydrogen) atoms. The van der Waals surface area contributed by atoms with Gasteiger partial charge in [-0.3, -0.25) is 13.8 Å². The number of hydrogen-bond acceptors (Lipinski definition) is 5. The molecular weight excluding hydrogens is 485 g/mol. The van der Waals surface area contributed by atoms with Gasteiger partial charge in [-0.15, -0.1) is 12.6 Å². The van der Waals surface area contributed by atoms with Gasteiger partial charge < -0.3 is 14.1 Å². The fourth-order valence-electron chi connectivity index (χ4n) is 3.31. The molecule has 1 unspecified atom stereocenters. The minimum Gasteiger partial charge on any atom is -0.381 e. The summed E-state index contributed by atoms with van der Waals surface area (Å²) < 4.78 is 28.0. The van der Waals surface area contributed by atoms with Crippen LogP contribution in [0.3, 0.4) is 0 Å². The van der Waals surface area contributed by atoms with E-state index < -0.39 is 7.82 Å². The van der Waals surface area contributed by atoms with Crippen LogP contribution in [-0.4, -0.2) is 68.6 Å². The fourth-order valence-corrected chi connectivity index (χ4v) is 4.06. The molecule has 0 fully saturated rings. The Morgan fingerprint density at radius 2 is 1.09 bits per heavy atom. The summed E-state index contributed by atoms with van der Waals surface area (Å²) in [6, 6.07) is 0. The minimum atomic E-state index is -3.94. The molecule has 0 saturated carbocycles. The van der Waals surface area contributed by atoms with Crippen molar-refractivity contribution in [1.82, 2.24) is 0 Å². The van der Waals surface area contributed by atoms with Gasteiger partial charge in [0, 0.05) is 20.1 Å². The number of unbranched alkanes of at least 4 members (excludes halogenated alkanes) is 13. The summed E-state index contributed by atoms with van der Waals surface area (Å²) in [4.78, 5) is 18.9. The molecule has 0 radical (unpaired) electrons. The van der Waals surface area contributed by atoms with E-state index in [4.69, 9.17) is 13.8 Å². The number of phosphoric acid groups is 1. The van der Waals surface area contributed by atoms with Crippen LogP contribution >= 0.6 is 20.5 Å². The van der Waals surface area contributed by atoms with Gasteiger partial charge in [0.05, 0.1) is 27.7 Å². The van der Waals surface area contributed by atoms with Crippen molar-refractivity contribution in [1.29, 1.82) is 0 Å². The van der Waals surface area contributed by atoms with Crippen LogP contribution in [0.4, 0.5) is 0 Å². The highest BCUT2D eigenvalue weighted by Crippen LogP contribution is 2.43. The zero-order chi connectivity index (χ0) is 26.8. The second kappa shape index (κ2) is 25.7. The van der Waals surface area contributed by atoms with Gasteiger partial charge in [-0.25, -0.2) is 4.57 Å². The lowest BCUT2D eigenvalue weighted by Crippen LogP contribution is -2.37. The molecule has 1 N–H and O–H groups in total. The van der Waals surface area contributed by atoms with Crippen molar-refractivity contribution >= 4 is 25.6 Å². The lowest BCUT2D eigenvalue weighted by atomic mass is 10.0. The third-order valence-electron chi connectivity index (χ3n) is 5.35. The Hall–Kier alpha value is 0.0500. The Bertz CT molecular complexity index is 513. The Morgan fingerprint density at radius 1 is 0.714 bits per heavy atom. The molecule has 0 aliphatic carbocycles. The molecule has 0 saturated heterocycles. The third kappa shape index (κ3) is 38.7. The summed E-state index contributed by atoms with van der Waals surface area (Å²) in [7, 11) is 2.07. The zero-order valence-electron chi connectivity index (χ0n) is 23.5. The SMILES string of the molecule is CC(=O)S.CCCCCCCCCCCCCCCCOCCCOP(=O)(O)OCC[N+](C)(C)C. The van der Waals surface area contributed by atoms with Crippen LogP contribution < -0.4 is 0 Å². The highest BCUT2D eigenvalue weighted by atomic mass is 32.1. The van der Waals surface area contributed by atoms with Crippen LogP contribution in [0.2, 0.25) is 0 Å². The highest BCUT2D eigenvalue weighted by Gasteiger charge is 2.21. The van der Waals surface area contributed by atoms with Crippen LogP contribution in [0, 0.1) is 0 Å². The average molecular weight is 543 g/mol. The molecule has 0 heterocycles. The normalized spacial score (nSPS) is 13.2. The van der Waals surface area contributed by atoms with E-state index in [0.717, 1.165) is 13.0 Å². The summed E-state index contributed by atoms with van der Waals surface area (Å²) in [5.74, 6) is 0. The first kappa shape index (κ1) is 37.2. The van der Waals surface area contributed by atoms with Crippen LogP contribution in [0.15, 0.2) is 0 Å². The minimum absolute atomic E-state index is 0.139. The van der Waals surface area contributed by atoms with E-state index in [-0.39, 0.29) is 18.3 Å². The predicted molar refractivity (Wildman–Crippen MR) is 150 cm³/mol. The van der Waals surface area contributed by atoms with Gasteiger partial charge in [-0.1, -0.05) is 90.4 Å². The maximum absolute atomic E-state index is 11.7. The molecule has 0 aromatic rings. The van der Waals surface area contributed by atoms with Crippen molar-refractivity contribution in [2.75, 3.05) is 54.1 Å². The predicted octanol–water partition coefficient (Wildman–Crippen LogP) is 7.18. The molecule has 1 atom stereocenters. The number of likely N-dealkylation sites (N-methyl/N-ethyl adjacent to an activating group) is 1. The molecule has 0 amide bonds. The van der Waals surface area contributed by atoms with Crippen LogP contribution in [0.5, 0.6) is 0 Å². The molecule has 0 bridgehead atoms. The van der Waals surface area contributed by atoms with E-state index in [1.807, 2.05) is 21.1 Å². The van der Waals surface area contributed by atoms with E-state index in [9.17, 15) is 14.3 Å². The van der Waals surface area contributed by atoms with Gasteiger partial charge in [0.1, 0.15) is 13.2 Å². The topological polar surface area (TPSA) is 82.1 Å². The largest absolute Gasteiger partial charge is 0.472 e. The summed E-state index contributed by atoms with van der Waals surface area (Å²) in [6.45, 7) is 6.00. The summed E-state index contributed by atoms with van der Waals surface area (Å²) in [5, 5.41) is -0.139. The van der Waals surface area contributed by atoms with Gasteiger partial charge in [-0.2, -0.15) is 0 Å². The first-order valence-electron chi connectivity index (χ1n) is 13.7.